The predicted octanol–water partition coefficient (Wildman–Crippen LogP) is 2.16. The molecule has 1 radical (unpaired) electrons. The fraction of sp³-hybridized carbons (Fsp3) is 0.800. The Labute approximate surface area is 69.1 Å². The maximum absolute atomic E-state index is 8.88. The molecule has 0 aromatic heterocycles. The summed E-state index contributed by atoms with van der Waals surface area (Å²) >= 11 is 0. The van der Waals surface area contributed by atoms with E-state index in [1.54, 1.807) is 0 Å². The highest BCUT2D eigenvalue weighted by Gasteiger charge is 2.19. The molecule has 1 heteroatoms. The van der Waals surface area contributed by atoms with Gasteiger partial charge in [-0.1, -0.05) is 12.7 Å². The molecule has 1 saturated carbocycles. The molecule has 0 unspecified atom stereocenters. The quantitative estimate of drug-likeness (QED) is 0.658. The van der Waals surface area contributed by atoms with Gasteiger partial charge in [0, 0.05) is 6.61 Å². The van der Waals surface area contributed by atoms with Crippen molar-refractivity contribution < 1.29 is 5.11 Å². The first kappa shape index (κ1) is 8.79. The van der Waals surface area contributed by atoms with Crippen LogP contribution in [0.2, 0.25) is 0 Å². The first-order valence-corrected chi connectivity index (χ1v) is 4.47. The summed E-state index contributed by atoms with van der Waals surface area (Å²) in [6.07, 6.45) is 8.91. The van der Waals surface area contributed by atoms with Crippen LogP contribution >= 0.6 is 0 Å². The van der Waals surface area contributed by atoms with Crippen molar-refractivity contribution in [3.05, 3.63) is 12.7 Å². The van der Waals surface area contributed by atoms with Crippen molar-refractivity contribution >= 4 is 0 Å². The van der Waals surface area contributed by atoms with Crippen LogP contribution in [0.25, 0.3) is 0 Å². The van der Waals surface area contributed by atoms with E-state index < -0.39 is 0 Å². The van der Waals surface area contributed by atoms with Crippen LogP contribution in [0, 0.1) is 17.9 Å². The summed E-state index contributed by atoms with van der Waals surface area (Å²) in [5.74, 6) is 1.38. The molecule has 1 aliphatic carbocycles. The van der Waals surface area contributed by atoms with Gasteiger partial charge in [-0.25, -0.2) is 0 Å². The second kappa shape index (κ2) is 4.55. The molecule has 0 atom stereocenters. The Morgan fingerprint density at radius 3 is 2.18 bits per heavy atom. The lowest BCUT2D eigenvalue weighted by Gasteiger charge is -2.26. The normalized spacial score (nSPS) is 31.7. The van der Waals surface area contributed by atoms with E-state index in [2.05, 4.69) is 12.7 Å². The molecule has 0 aromatic carbocycles. The van der Waals surface area contributed by atoms with Crippen LogP contribution < -0.4 is 0 Å². The Hall–Kier alpha value is -0.300. The Kier molecular flexibility index (Phi) is 3.64. The maximum atomic E-state index is 8.88. The SMILES string of the molecule is C=[C]CC1CCC(CO)CC1. The molecule has 0 aromatic rings. The van der Waals surface area contributed by atoms with Crippen molar-refractivity contribution in [1.82, 2.24) is 0 Å². The Bertz CT molecular complexity index is 112. The van der Waals surface area contributed by atoms with E-state index in [9.17, 15) is 0 Å². The van der Waals surface area contributed by atoms with E-state index in [4.69, 9.17) is 5.11 Å². The van der Waals surface area contributed by atoms with E-state index >= 15 is 0 Å². The molecule has 11 heavy (non-hydrogen) atoms. The average molecular weight is 153 g/mol. The molecular weight excluding hydrogens is 136 g/mol. The van der Waals surface area contributed by atoms with Gasteiger partial charge in [-0.2, -0.15) is 0 Å². The van der Waals surface area contributed by atoms with Crippen LogP contribution in [-0.4, -0.2) is 11.7 Å². The van der Waals surface area contributed by atoms with E-state index in [1.807, 2.05) is 0 Å². The fourth-order valence-corrected chi connectivity index (χ4v) is 1.82. The Balaban J connectivity index is 2.18. The lowest BCUT2D eigenvalue weighted by Crippen LogP contribution is -2.16. The summed E-state index contributed by atoms with van der Waals surface area (Å²) in [5.41, 5.74) is 0. The lowest BCUT2D eigenvalue weighted by atomic mass is 9.81. The third kappa shape index (κ3) is 2.66. The molecular formula is C10H17O. The van der Waals surface area contributed by atoms with Crippen molar-refractivity contribution in [2.75, 3.05) is 6.61 Å². The lowest BCUT2D eigenvalue weighted by molar-refractivity contribution is 0.167. The first-order valence-electron chi connectivity index (χ1n) is 4.47. The topological polar surface area (TPSA) is 20.2 Å². The Morgan fingerprint density at radius 2 is 1.73 bits per heavy atom. The molecule has 1 rings (SSSR count). The monoisotopic (exact) mass is 153 g/mol. The van der Waals surface area contributed by atoms with Gasteiger partial charge in [0.1, 0.15) is 0 Å². The van der Waals surface area contributed by atoms with E-state index in [1.165, 1.54) is 25.7 Å². The minimum Gasteiger partial charge on any atom is -0.396 e. The van der Waals surface area contributed by atoms with Crippen LogP contribution in [0.15, 0.2) is 6.58 Å². The standard InChI is InChI=1S/C10H17O/c1-2-3-9-4-6-10(8-11)7-5-9/h9-11H,1,3-8H2. The summed E-state index contributed by atoms with van der Waals surface area (Å²) in [4.78, 5) is 0. The van der Waals surface area contributed by atoms with Crippen molar-refractivity contribution in [3.8, 4) is 0 Å². The molecule has 0 spiro atoms. The number of rotatable bonds is 3. The van der Waals surface area contributed by atoms with Gasteiger partial charge in [-0.15, -0.1) is 0 Å². The summed E-state index contributed by atoms with van der Waals surface area (Å²) in [6, 6.07) is 0. The van der Waals surface area contributed by atoms with Crippen molar-refractivity contribution in [3.63, 3.8) is 0 Å². The van der Waals surface area contributed by atoms with Gasteiger partial charge >= 0.3 is 0 Å². The Morgan fingerprint density at radius 1 is 1.18 bits per heavy atom. The summed E-state index contributed by atoms with van der Waals surface area (Å²) in [6.45, 7) is 4.00. The minimum absolute atomic E-state index is 0.379. The summed E-state index contributed by atoms with van der Waals surface area (Å²) in [5, 5.41) is 8.88. The van der Waals surface area contributed by atoms with Crippen LogP contribution in [0.1, 0.15) is 32.1 Å². The molecule has 1 nitrogen and oxygen atoms in total. The molecule has 0 amide bonds. The van der Waals surface area contributed by atoms with Crippen LogP contribution in [-0.2, 0) is 0 Å². The van der Waals surface area contributed by atoms with Gasteiger partial charge in [0.05, 0.1) is 0 Å². The van der Waals surface area contributed by atoms with Crippen LogP contribution in [0.3, 0.4) is 0 Å². The van der Waals surface area contributed by atoms with Gasteiger partial charge in [-0.3, -0.25) is 0 Å². The number of aliphatic hydroxyl groups is 1. The third-order valence-corrected chi connectivity index (χ3v) is 2.66. The molecule has 0 heterocycles. The van der Waals surface area contributed by atoms with Gasteiger partial charge in [0.15, 0.2) is 0 Å². The molecule has 0 aliphatic heterocycles. The summed E-state index contributed by atoms with van der Waals surface area (Å²) in [7, 11) is 0. The zero-order chi connectivity index (χ0) is 8.10. The van der Waals surface area contributed by atoms with Crippen LogP contribution in [0.4, 0.5) is 0 Å². The molecule has 1 aliphatic rings. The average Bonchev–Trinajstić information content (AvgIpc) is 2.07. The first-order chi connectivity index (χ1) is 5.36. The van der Waals surface area contributed by atoms with Gasteiger partial charge < -0.3 is 5.11 Å². The van der Waals surface area contributed by atoms with E-state index in [0.717, 1.165) is 12.3 Å². The van der Waals surface area contributed by atoms with Crippen molar-refractivity contribution in [1.29, 1.82) is 0 Å². The molecule has 0 saturated heterocycles. The zero-order valence-corrected chi connectivity index (χ0v) is 7.05. The van der Waals surface area contributed by atoms with Crippen LogP contribution in [0.5, 0.6) is 0 Å². The molecule has 1 fully saturated rings. The number of allylic oxidation sites excluding steroid dienone is 1. The number of hydrogen-bond donors (Lipinski definition) is 1. The van der Waals surface area contributed by atoms with Crippen molar-refractivity contribution in [2.24, 2.45) is 11.8 Å². The largest absolute Gasteiger partial charge is 0.396 e. The van der Waals surface area contributed by atoms with Crippen molar-refractivity contribution in [2.45, 2.75) is 32.1 Å². The van der Waals surface area contributed by atoms with E-state index in [-0.39, 0.29) is 0 Å². The second-order valence-corrected chi connectivity index (χ2v) is 3.52. The zero-order valence-electron chi connectivity index (χ0n) is 7.05. The van der Waals surface area contributed by atoms with Gasteiger partial charge in [0.25, 0.3) is 0 Å². The molecule has 0 bridgehead atoms. The van der Waals surface area contributed by atoms with E-state index in [0.29, 0.717) is 12.5 Å². The second-order valence-electron chi connectivity index (χ2n) is 3.52. The highest BCUT2D eigenvalue weighted by molar-refractivity contribution is 4.74. The number of aliphatic hydroxyl groups excluding tert-OH is 1. The predicted molar refractivity (Wildman–Crippen MR) is 46.0 cm³/mol. The van der Waals surface area contributed by atoms with Gasteiger partial charge in [0.2, 0.25) is 0 Å². The maximum Gasteiger partial charge on any atom is 0.0459 e. The molecule has 63 valence electrons. The minimum atomic E-state index is 0.379. The third-order valence-electron chi connectivity index (χ3n) is 2.66. The highest BCUT2D eigenvalue weighted by atomic mass is 16.3. The smallest absolute Gasteiger partial charge is 0.0459 e. The number of hydrogen-bond acceptors (Lipinski definition) is 1. The fourth-order valence-electron chi connectivity index (χ4n) is 1.82. The molecule has 1 N–H and O–H groups in total. The van der Waals surface area contributed by atoms with Gasteiger partial charge in [-0.05, 0) is 43.9 Å². The highest BCUT2D eigenvalue weighted by Crippen LogP contribution is 2.30. The summed E-state index contributed by atoms with van der Waals surface area (Å²) < 4.78 is 0.